The Labute approximate surface area is 102 Å². The fourth-order valence-electron chi connectivity index (χ4n) is 1.62. The van der Waals surface area contributed by atoms with Crippen LogP contribution < -0.4 is 17.0 Å². The van der Waals surface area contributed by atoms with Crippen molar-refractivity contribution < 1.29 is 17.0 Å². The van der Waals surface area contributed by atoms with Gasteiger partial charge in [0.15, 0.2) is 18.1 Å². The summed E-state index contributed by atoms with van der Waals surface area (Å²) in [5, 5.41) is 0. The first-order chi connectivity index (χ1) is 7.40. The Morgan fingerprint density at radius 3 is 2.38 bits per heavy atom. The molecule has 0 saturated heterocycles. The lowest BCUT2D eigenvalue weighted by atomic mass is 10.1. The largest absolute Gasteiger partial charge is 1.00 e. The van der Waals surface area contributed by atoms with E-state index >= 15 is 0 Å². The van der Waals surface area contributed by atoms with E-state index < -0.39 is 0 Å². The molecular formula is C14H14ClN. The van der Waals surface area contributed by atoms with E-state index in [-0.39, 0.29) is 12.4 Å². The van der Waals surface area contributed by atoms with Gasteiger partial charge in [0.2, 0.25) is 0 Å². The molecule has 0 amide bonds. The summed E-state index contributed by atoms with van der Waals surface area (Å²) < 4.78 is 2.05. The molecule has 2 aromatic rings. The molecule has 0 spiro atoms. The van der Waals surface area contributed by atoms with Crippen LogP contribution in [0.2, 0.25) is 0 Å². The van der Waals surface area contributed by atoms with Crippen LogP contribution in [0.3, 0.4) is 0 Å². The van der Waals surface area contributed by atoms with Gasteiger partial charge in [-0.1, -0.05) is 36.4 Å². The van der Waals surface area contributed by atoms with Crippen LogP contribution in [0.4, 0.5) is 0 Å². The highest BCUT2D eigenvalue weighted by Crippen LogP contribution is 2.05. The van der Waals surface area contributed by atoms with E-state index in [1.807, 2.05) is 29.1 Å². The minimum Gasteiger partial charge on any atom is -1.00 e. The molecule has 0 N–H and O–H groups in total. The molecule has 2 heteroatoms. The number of pyridine rings is 1. The fraction of sp³-hybridized carbons (Fsp3) is 0.0714. The third-order valence-electron chi connectivity index (χ3n) is 2.40. The molecular weight excluding hydrogens is 218 g/mol. The molecule has 0 aliphatic rings. The van der Waals surface area contributed by atoms with Gasteiger partial charge in [0.05, 0.1) is 6.42 Å². The van der Waals surface area contributed by atoms with Crippen molar-refractivity contribution in [2.24, 2.45) is 0 Å². The second-order valence-corrected chi connectivity index (χ2v) is 3.44. The van der Waals surface area contributed by atoms with Crippen LogP contribution in [0.25, 0.3) is 6.20 Å². The number of rotatable bonds is 3. The molecule has 16 heavy (non-hydrogen) atoms. The summed E-state index contributed by atoms with van der Waals surface area (Å²) in [5.41, 5.74) is 2.57. The molecule has 1 nitrogen and oxygen atoms in total. The van der Waals surface area contributed by atoms with E-state index in [0.29, 0.717) is 0 Å². The summed E-state index contributed by atoms with van der Waals surface area (Å²) in [6, 6.07) is 16.6. The quantitative estimate of drug-likeness (QED) is 0.637. The number of hydrogen-bond donors (Lipinski definition) is 0. The summed E-state index contributed by atoms with van der Waals surface area (Å²) in [6.45, 7) is 3.80. The maximum atomic E-state index is 3.80. The highest BCUT2D eigenvalue weighted by atomic mass is 35.5. The Balaban J connectivity index is 0.00000128. The van der Waals surface area contributed by atoms with Crippen LogP contribution in [0, 0.1) is 0 Å². The Bertz CT molecular complexity index is 451. The minimum atomic E-state index is 0. The SMILES string of the molecule is C=C[n+]1ccccc1Cc1ccccc1.[Cl-]. The van der Waals surface area contributed by atoms with E-state index in [2.05, 4.69) is 43.0 Å². The molecule has 82 valence electrons. The Kier molecular flexibility index (Phi) is 4.74. The van der Waals surface area contributed by atoms with E-state index in [0.717, 1.165) is 6.42 Å². The molecule has 0 radical (unpaired) electrons. The lowest BCUT2D eigenvalue weighted by Gasteiger charge is -1.99. The van der Waals surface area contributed by atoms with Crippen molar-refractivity contribution >= 4 is 6.20 Å². The van der Waals surface area contributed by atoms with Gasteiger partial charge >= 0.3 is 0 Å². The maximum absolute atomic E-state index is 3.80. The lowest BCUT2D eigenvalue weighted by Crippen LogP contribution is -3.00. The van der Waals surface area contributed by atoms with Crippen LogP contribution >= 0.6 is 0 Å². The molecule has 0 fully saturated rings. The van der Waals surface area contributed by atoms with Crippen molar-refractivity contribution in [2.45, 2.75) is 6.42 Å². The monoisotopic (exact) mass is 231 g/mol. The van der Waals surface area contributed by atoms with Crippen molar-refractivity contribution in [3.63, 3.8) is 0 Å². The molecule has 0 bridgehead atoms. The van der Waals surface area contributed by atoms with E-state index in [9.17, 15) is 0 Å². The zero-order valence-corrected chi connectivity index (χ0v) is 9.77. The van der Waals surface area contributed by atoms with Crippen LogP contribution in [0.15, 0.2) is 61.3 Å². The lowest BCUT2D eigenvalue weighted by molar-refractivity contribution is -0.576. The molecule has 0 unspecified atom stereocenters. The van der Waals surface area contributed by atoms with Crippen LogP contribution in [-0.2, 0) is 6.42 Å². The standard InChI is InChI=1S/C14H14N.ClH/c1-2-15-11-7-6-10-14(15)12-13-8-4-3-5-9-13;/h2-11H,1,12H2;1H/q+1;/p-1. The maximum Gasteiger partial charge on any atom is 0.191 e. The van der Waals surface area contributed by atoms with Gasteiger partial charge in [-0.05, 0) is 12.1 Å². The fourth-order valence-corrected chi connectivity index (χ4v) is 1.62. The van der Waals surface area contributed by atoms with Crippen molar-refractivity contribution in [1.29, 1.82) is 0 Å². The number of halogens is 1. The third kappa shape index (κ3) is 2.94. The zero-order valence-electron chi connectivity index (χ0n) is 9.01. The van der Waals surface area contributed by atoms with Gasteiger partial charge in [0.1, 0.15) is 0 Å². The van der Waals surface area contributed by atoms with Gasteiger partial charge in [0, 0.05) is 12.1 Å². The highest BCUT2D eigenvalue weighted by Gasteiger charge is 2.06. The summed E-state index contributed by atoms with van der Waals surface area (Å²) in [4.78, 5) is 0. The Hall–Kier alpha value is -1.60. The number of benzene rings is 1. The first kappa shape index (κ1) is 12.5. The second kappa shape index (κ2) is 6.09. The molecule has 1 aromatic carbocycles. The van der Waals surface area contributed by atoms with Crippen molar-refractivity contribution in [2.75, 3.05) is 0 Å². The van der Waals surface area contributed by atoms with Gasteiger partial charge < -0.3 is 12.4 Å². The zero-order chi connectivity index (χ0) is 10.5. The van der Waals surface area contributed by atoms with E-state index in [4.69, 9.17) is 0 Å². The summed E-state index contributed by atoms with van der Waals surface area (Å²) in [5.74, 6) is 0. The summed E-state index contributed by atoms with van der Waals surface area (Å²) >= 11 is 0. The smallest absolute Gasteiger partial charge is 0.191 e. The van der Waals surface area contributed by atoms with Crippen molar-refractivity contribution in [3.8, 4) is 0 Å². The van der Waals surface area contributed by atoms with Gasteiger partial charge in [0.25, 0.3) is 0 Å². The van der Waals surface area contributed by atoms with Gasteiger partial charge in [-0.15, -0.1) is 0 Å². The molecule has 2 rings (SSSR count). The normalized spacial score (nSPS) is 9.25. The molecule has 1 heterocycles. The van der Waals surface area contributed by atoms with E-state index in [1.165, 1.54) is 11.3 Å². The number of nitrogens with zero attached hydrogens (tertiary/aromatic N) is 1. The van der Waals surface area contributed by atoms with Crippen molar-refractivity contribution in [3.05, 3.63) is 72.6 Å². The topological polar surface area (TPSA) is 3.88 Å². The molecule has 0 saturated carbocycles. The highest BCUT2D eigenvalue weighted by molar-refractivity contribution is 5.20. The predicted octanol–water partition coefficient (Wildman–Crippen LogP) is -0.331. The van der Waals surface area contributed by atoms with E-state index in [1.54, 1.807) is 0 Å². The third-order valence-corrected chi connectivity index (χ3v) is 2.40. The average Bonchev–Trinajstić information content (AvgIpc) is 2.31. The second-order valence-electron chi connectivity index (χ2n) is 3.44. The summed E-state index contributed by atoms with van der Waals surface area (Å²) in [6.07, 6.45) is 4.79. The molecule has 0 aliphatic heterocycles. The van der Waals surface area contributed by atoms with Crippen LogP contribution in [0.1, 0.15) is 11.3 Å². The number of hydrogen-bond acceptors (Lipinski definition) is 0. The molecule has 0 aliphatic carbocycles. The Morgan fingerprint density at radius 1 is 1.00 bits per heavy atom. The molecule has 0 atom stereocenters. The van der Waals surface area contributed by atoms with Gasteiger partial charge in [-0.25, -0.2) is 0 Å². The first-order valence-electron chi connectivity index (χ1n) is 5.05. The number of aromatic nitrogens is 1. The first-order valence-corrected chi connectivity index (χ1v) is 5.05. The van der Waals surface area contributed by atoms with Crippen LogP contribution in [0.5, 0.6) is 0 Å². The van der Waals surface area contributed by atoms with Gasteiger partial charge in [-0.2, -0.15) is 4.57 Å². The van der Waals surface area contributed by atoms with Crippen molar-refractivity contribution in [1.82, 2.24) is 0 Å². The minimum absolute atomic E-state index is 0. The van der Waals surface area contributed by atoms with Gasteiger partial charge in [-0.3, -0.25) is 0 Å². The Morgan fingerprint density at radius 2 is 1.69 bits per heavy atom. The summed E-state index contributed by atoms with van der Waals surface area (Å²) in [7, 11) is 0. The predicted molar refractivity (Wildman–Crippen MR) is 62.3 cm³/mol. The van der Waals surface area contributed by atoms with Crippen LogP contribution in [-0.4, -0.2) is 0 Å². The average molecular weight is 232 g/mol. The molecule has 1 aromatic heterocycles.